The van der Waals surface area contributed by atoms with E-state index in [9.17, 15) is 8.42 Å². The monoisotopic (exact) mass is 252 g/mol. The highest BCUT2D eigenvalue weighted by molar-refractivity contribution is 7.89. The van der Waals surface area contributed by atoms with E-state index in [0.717, 1.165) is 0 Å². The summed E-state index contributed by atoms with van der Waals surface area (Å²) in [5, 5.41) is 0.302. The molecule has 0 atom stereocenters. The number of sulfonamides is 1. The molecule has 0 spiro atoms. The fourth-order valence-corrected chi connectivity index (χ4v) is 3.18. The van der Waals surface area contributed by atoms with Crippen LogP contribution in [-0.2, 0) is 16.6 Å². The summed E-state index contributed by atoms with van der Waals surface area (Å²) in [6.07, 6.45) is 0. The van der Waals surface area contributed by atoms with Crippen LogP contribution in [0.2, 0.25) is 10.0 Å². The van der Waals surface area contributed by atoms with Crippen molar-refractivity contribution in [3.05, 3.63) is 27.7 Å². The van der Waals surface area contributed by atoms with Crippen LogP contribution in [0.1, 0.15) is 5.56 Å². The topological polar surface area (TPSA) is 58.2 Å². The van der Waals surface area contributed by atoms with Gasteiger partial charge >= 0.3 is 0 Å². The maximum Gasteiger partial charge on any atom is 0.255 e. The van der Waals surface area contributed by atoms with Gasteiger partial charge in [-0.3, -0.25) is 0 Å². The van der Waals surface area contributed by atoms with Gasteiger partial charge in [-0.2, -0.15) is 0 Å². The molecule has 0 aliphatic carbocycles. The average Bonchev–Trinajstić information content (AvgIpc) is 2.10. The first-order chi connectivity index (χ1) is 6.52. The first-order valence-corrected chi connectivity index (χ1v) is 5.98. The lowest BCUT2D eigenvalue weighted by Crippen LogP contribution is -2.41. The molecule has 1 aliphatic heterocycles. The van der Waals surface area contributed by atoms with Crippen LogP contribution in [0, 0.1) is 0 Å². The molecule has 0 bridgehead atoms. The van der Waals surface area contributed by atoms with E-state index in [4.69, 9.17) is 23.2 Å². The van der Waals surface area contributed by atoms with Crippen molar-refractivity contribution >= 4 is 33.2 Å². The number of fused-ring (bicyclic) bond motifs is 1. The van der Waals surface area contributed by atoms with Crippen LogP contribution < -0.4 is 10.3 Å². The van der Waals surface area contributed by atoms with Gasteiger partial charge in [-0.15, -0.1) is 4.83 Å². The Morgan fingerprint density at radius 1 is 1.29 bits per heavy atom. The van der Waals surface area contributed by atoms with Crippen molar-refractivity contribution in [2.75, 3.05) is 0 Å². The molecule has 0 fully saturated rings. The molecule has 1 aliphatic rings. The fourth-order valence-electron chi connectivity index (χ4n) is 1.28. The van der Waals surface area contributed by atoms with Gasteiger partial charge in [-0.25, -0.2) is 13.8 Å². The number of benzene rings is 1. The van der Waals surface area contributed by atoms with E-state index in [0.29, 0.717) is 12.1 Å². The van der Waals surface area contributed by atoms with Gasteiger partial charge in [0.15, 0.2) is 0 Å². The highest BCUT2D eigenvalue weighted by Gasteiger charge is 2.26. The predicted molar refractivity (Wildman–Crippen MR) is 53.6 cm³/mol. The molecule has 14 heavy (non-hydrogen) atoms. The summed E-state index contributed by atoms with van der Waals surface area (Å²) in [5.41, 5.74) is 3.15. The van der Waals surface area contributed by atoms with Crippen LogP contribution >= 0.6 is 23.2 Å². The molecule has 1 heterocycles. The summed E-state index contributed by atoms with van der Waals surface area (Å²) in [4.78, 5) is 2.22. The van der Waals surface area contributed by atoms with Gasteiger partial charge < -0.3 is 0 Å². The van der Waals surface area contributed by atoms with Crippen LogP contribution in [0.3, 0.4) is 0 Å². The highest BCUT2D eigenvalue weighted by atomic mass is 35.5. The molecular formula is C7H6Cl2N2O2S. The molecule has 7 heteroatoms. The molecule has 76 valence electrons. The Morgan fingerprint density at radius 2 is 2.00 bits per heavy atom. The first-order valence-electron chi connectivity index (χ1n) is 3.74. The first kappa shape index (κ1) is 10.2. The van der Waals surface area contributed by atoms with Gasteiger partial charge in [0.25, 0.3) is 10.0 Å². The molecule has 0 saturated carbocycles. The number of halogens is 2. The van der Waals surface area contributed by atoms with E-state index in [1.807, 2.05) is 0 Å². The summed E-state index contributed by atoms with van der Waals surface area (Å²) in [5.74, 6) is 0. The summed E-state index contributed by atoms with van der Waals surface area (Å²) in [6, 6.07) is 3.21. The largest absolute Gasteiger partial charge is 0.255 e. The minimum Gasteiger partial charge on any atom is -0.239 e. The maximum absolute atomic E-state index is 11.5. The van der Waals surface area contributed by atoms with Gasteiger partial charge in [0, 0.05) is 6.54 Å². The van der Waals surface area contributed by atoms with Gasteiger partial charge in [0.05, 0.1) is 10.0 Å². The Morgan fingerprint density at radius 3 is 2.71 bits per heavy atom. The number of hydrazine groups is 1. The SMILES string of the molecule is O=S1(=O)NNCc2ccc(Cl)c(Cl)c21. The Kier molecular flexibility index (Phi) is 2.45. The summed E-state index contributed by atoms with van der Waals surface area (Å²) in [6.45, 7) is 0.394. The third-order valence-corrected chi connectivity index (χ3v) is 4.22. The zero-order chi connectivity index (χ0) is 10.3. The molecule has 0 unspecified atom stereocenters. The van der Waals surface area contributed by atoms with Crippen LogP contribution in [-0.4, -0.2) is 8.42 Å². The maximum atomic E-state index is 11.5. The Hall–Kier alpha value is -0.330. The zero-order valence-corrected chi connectivity index (χ0v) is 9.17. The van der Waals surface area contributed by atoms with E-state index in [1.165, 1.54) is 0 Å². The third kappa shape index (κ3) is 1.51. The number of hydrogen-bond acceptors (Lipinski definition) is 3. The lowest BCUT2D eigenvalue weighted by molar-refractivity contribution is 0.537. The normalized spacial score (nSPS) is 19.0. The summed E-state index contributed by atoms with van der Waals surface area (Å²) < 4.78 is 23.1. The van der Waals surface area contributed by atoms with Crippen molar-refractivity contribution in [1.82, 2.24) is 10.3 Å². The second-order valence-electron chi connectivity index (χ2n) is 2.81. The van der Waals surface area contributed by atoms with Crippen molar-refractivity contribution in [1.29, 1.82) is 0 Å². The molecule has 4 nitrogen and oxygen atoms in total. The van der Waals surface area contributed by atoms with Crippen LogP contribution in [0.5, 0.6) is 0 Å². The van der Waals surface area contributed by atoms with Crippen LogP contribution in [0.25, 0.3) is 0 Å². The van der Waals surface area contributed by atoms with Crippen LogP contribution in [0.15, 0.2) is 17.0 Å². The van der Waals surface area contributed by atoms with E-state index in [-0.39, 0.29) is 14.9 Å². The lowest BCUT2D eigenvalue weighted by atomic mass is 10.2. The van der Waals surface area contributed by atoms with Gasteiger partial charge in [0.2, 0.25) is 0 Å². The van der Waals surface area contributed by atoms with Crippen molar-refractivity contribution in [3.8, 4) is 0 Å². The summed E-state index contributed by atoms with van der Waals surface area (Å²) in [7, 11) is -3.57. The van der Waals surface area contributed by atoms with E-state index < -0.39 is 10.0 Å². The van der Waals surface area contributed by atoms with Gasteiger partial charge in [-0.1, -0.05) is 29.3 Å². The van der Waals surface area contributed by atoms with Gasteiger partial charge in [0.1, 0.15) is 4.90 Å². The van der Waals surface area contributed by atoms with Crippen molar-refractivity contribution in [3.63, 3.8) is 0 Å². The minimum absolute atomic E-state index is 0.0606. The quantitative estimate of drug-likeness (QED) is 0.732. The summed E-state index contributed by atoms with van der Waals surface area (Å²) >= 11 is 11.5. The molecule has 1 aromatic rings. The van der Waals surface area contributed by atoms with Crippen molar-refractivity contribution in [2.45, 2.75) is 11.4 Å². The number of rotatable bonds is 0. The smallest absolute Gasteiger partial charge is 0.239 e. The Balaban J connectivity index is 2.79. The van der Waals surface area contributed by atoms with E-state index >= 15 is 0 Å². The lowest BCUT2D eigenvalue weighted by Gasteiger charge is -2.19. The molecule has 1 aromatic carbocycles. The molecule has 2 rings (SSSR count). The number of nitrogens with one attached hydrogen (secondary N) is 2. The molecule has 0 saturated heterocycles. The predicted octanol–water partition coefficient (Wildman–Crippen LogP) is 1.29. The molecule has 2 N–H and O–H groups in total. The van der Waals surface area contributed by atoms with Crippen molar-refractivity contribution < 1.29 is 8.42 Å². The molecule has 0 aromatic heterocycles. The molecule has 0 amide bonds. The standard InChI is InChI=1S/C7H6Cl2N2O2S/c8-5-2-1-4-3-10-11-14(12,13)7(4)6(5)9/h1-2,10-11H,3H2. The fraction of sp³-hybridized carbons (Fsp3) is 0.143. The van der Waals surface area contributed by atoms with E-state index in [2.05, 4.69) is 10.3 Å². The third-order valence-electron chi connectivity index (χ3n) is 1.89. The Labute approximate surface area is 91.2 Å². The minimum atomic E-state index is -3.57. The zero-order valence-electron chi connectivity index (χ0n) is 6.84. The molecule has 0 radical (unpaired) electrons. The van der Waals surface area contributed by atoms with Gasteiger partial charge in [-0.05, 0) is 11.6 Å². The molecular weight excluding hydrogens is 247 g/mol. The van der Waals surface area contributed by atoms with E-state index in [1.54, 1.807) is 12.1 Å². The second kappa shape index (κ2) is 3.36. The Bertz CT molecular complexity index is 487. The average molecular weight is 253 g/mol. The second-order valence-corrected chi connectivity index (χ2v) is 5.21. The van der Waals surface area contributed by atoms with Crippen LogP contribution in [0.4, 0.5) is 0 Å². The van der Waals surface area contributed by atoms with Crippen molar-refractivity contribution in [2.24, 2.45) is 0 Å². The highest BCUT2D eigenvalue weighted by Crippen LogP contribution is 2.33. The number of hydrogen-bond donors (Lipinski definition) is 2.